The molecule has 0 unspecified atom stereocenters. The van der Waals surface area contributed by atoms with Gasteiger partial charge in [-0.1, -0.05) is 56.3 Å². The first kappa shape index (κ1) is 15.4. The van der Waals surface area contributed by atoms with Crippen molar-refractivity contribution in [2.24, 2.45) is 0 Å². The summed E-state index contributed by atoms with van der Waals surface area (Å²) in [6.45, 7) is 4.30. The number of aromatic nitrogens is 1. The van der Waals surface area contributed by atoms with Crippen LogP contribution in [0, 0.1) is 0 Å². The van der Waals surface area contributed by atoms with Crippen LogP contribution in [0.15, 0.2) is 60.1 Å². The maximum Gasteiger partial charge on any atom is 0.268 e. The quantitative estimate of drug-likeness (QED) is 0.718. The summed E-state index contributed by atoms with van der Waals surface area (Å²) in [5, 5.41) is 2.95. The topological polar surface area (TPSA) is 42.0 Å². The first-order valence-electron chi connectivity index (χ1n) is 7.55. The van der Waals surface area contributed by atoms with Crippen molar-refractivity contribution in [3.63, 3.8) is 0 Å². The summed E-state index contributed by atoms with van der Waals surface area (Å²) in [6.07, 6.45) is 0. The molecular formula is C19H18N2OS. The van der Waals surface area contributed by atoms with Crippen molar-refractivity contribution in [1.82, 2.24) is 4.98 Å². The van der Waals surface area contributed by atoms with Gasteiger partial charge in [-0.25, -0.2) is 4.98 Å². The summed E-state index contributed by atoms with van der Waals surface area (Å²) in [5.74, 6) is 0.356. The van der Waals surface area contributed by atoms with Crippen LogP contribution in [-0.4, -0.2) is 10.9 Å². The number of amides is 1. The van der Waals surface area contributed by atoms with E-state index in [4.69, 9.17) is 0 Å². The van der Waals surface area contributed by atoms with Gasteiger partial charge in [0.1, 0.15) is 4.88 Å². The smallest absolute Gasteiger partial charge is 0.268 e. The number of carbonyl (C=O) groups excluding carboxylic acids is 1. The summed E-state index contributed by atoms with van der Waals surface area (Å²) in [4.78, 5) is 17.5. The number of nitrogens with zero attached hydrogens (tertiary/aromatic N) is 1. The number of anilines is 1. The van der Waals surface area contributed by atoms with Gasteiger partial charge in [-0.2, -0.15) is 0 Å². The Bertz CT molecular complexity index is 792. The number of hydrogen-bond acceptors (Lipinski definition) is 3. The van der Waals surface area contributed by atoms with Gasteiger partial charge in [0.25, 0.3) is 5.91 Å². The number of carbonyl (C=O) groups is 1. The van der Waals surface area contributed by atoms with Gasteiger partial charge >= 0.3 is 0 Å². The maximum atomic E-state index is 12.5. The molecule has 23 heavy (non-hydrogen) atoms. The molecule has 0 aliphatic carbocycles. The monoisotopic (exact) mass is 322 g/mol. The van der Waals surface area contributed by atoms with Crippen molar-refractivity contribution in [2.45, 2.75) is 19.8 Å². The molecule has 0 aliphatic rings. The second kappa shape index (κ2) is 6.75. The third-order valence-corrected chi connectivity index (χ3v) is 4.48. The van der Waals surface area contributed by atoms with E-state index >= 15 is 0 Å². The highest BCUT2D eigenvalue weighted by molar-refractivity contribution is 7.12. The van der Waals surface area contributed by atoms with E-state index in [0.717, 1.165) is 16.9 Å². The largest absolute Gasteiger partial charge is 0.321 e. The lowest BCUT2D eigenvalue weighted by Gasteiger charge is -2.08. The van der Waals surface area contributed by atoms with E-state index < -0.39 is 0 Å². The maximum absolute atomic E-state index is 12.5. The van der Waals surface area contributed by atoms with Crippen LogP contribution < -0.4 is 5.32 Å². The minimum atomic E-state index is -0.122. The molecule has 3 nitrogen and oxygen atoms in total. The molecule has 1 aromatic heterocycles. The van der Waals surface area contributed by atoms with Gasteiger partial charge in [0.2, 0.25) is 0 Å². The van der Waals surface area contributed by atoms with Crippen molar-refractivity contribution in [3.8, 4) is 11.3 Å². The second-order valence-electron chi connectivity index (χ2n) is 5.63. The van der Waals surface area contributed by atoms with Crippen molar-refractivity contribution in [3.05, 3.63) is 70.5 Å². The van der Waals surface area contributed by atoms with E-state index in [9.17, 15) is 4.79 Å². The molecule has 1 amide bonds. The third-order valence-electron chi connectivity index (χ3n) is 3.66. The average molecular weight is 322 g/mol. The van der Waals surface area contributed by atoms with Crippen LogP contribution in [0.1, 0.15) is 35.0 Å². The highest BCUT2D eigenvalue weighted by Crippen LogP contribution is 2.26. The predicted octanol–water partition coefficient (Wildman–Crippen LogP) is 5.19. The zero-order valence-electron chi connectivity index (χ0n) is 13.1. The minimum absolute atomic E-state index is 0.122. The van der Waals surface area contributed by atoms with E-state index in [1.807, 2.05) is 54.6 Å². The molecule has 0 radical (unpaired) electrons. The Hall–Kier alpha value is -2.46. The molecule has 2 aromatic carbocycles. The molecule has 3 aromatic rings. The van der Waals surface area contributed by atoms with Crippen LogP contribution in [-0.2, 0) is 0 Å². The summed E-state index contributed by atoms with van der Waals surface area (Å²) in [7, 11) is 0. The molecule has 1 N–H and O–H groups in total. The van der Waals surface area contributed by atoms with Gasteiger partial charge in [-0.15, -0.1) is 11.3 Å². The molecule has 0 aliphatic heterocycles. The molecule has 116 valence electrons. The Labute approximate surface area is 140 Å². The van der Waals surface area contributed by atoms with E-state index in [-0.39, 0.29) is 5.91 Å². The van der Waals surface area contributed by atoms with E-state index in [2.05, 4.69) is 24.1 Å². The van der Waals surface area contributed by atoms with Crippen LogP contribution in [0.4, 0.5) is 5.69 Å². The first-order valence-corrected chi connectivity index (χ1v) is 8.43. The summed E-state index contributed by atoms with van der Waals surface area (Å²) in [5.41, 5.74) is 5.44. The van der Waals surface area contributed by atoms with Crippen molar-refractivity contribution in [1.29, 1.82) is 0 Å². The second-order valence-corrected chi connectivity index (χ2v) is 6.48. The van der Waals surface area contributed by atoms with E-state index in [1.165, 1.54) is 16.9 Å². The summed E-state index contributed by atoms with van der Waals surface area (Å²) < 4.78 is 0. The molecule has 4 heteroatoms. The van der Waals surface area contributed by atoms with Gasteiger partial charge < -0.3 is 5.32 Å². The number of thiazole rings is 1. The SMILES string of the molecule is CC(C)c1ccc(NC(=O)c2scnc2-c2ccccc2)cc1. The predicted molar refractivity (Wildman–Crippen MR) is 96.0 cm³/mol. The van der Waals surface area contributed by atoms with Crippen LogP contribution in [0.25, 0.3) is 11.3 Å². The Morgan fingerprint density at radius 2 is 1.74 bits per heavy atom. The normalized spacial score (nSPS) is 10.7. The fourth-order valence-corrected chi connectivity index (χ4v) is 3.05. The van der Waals surface area contributed by atoms with E-state index in [0.29, 0.717) is 10.8 Å². The molecule has 0 spiro atoms. The van der Waals surface area contributed by atoms with E-state index in [1.54, 1.807) is 5.51 Å². The molecule has 0 saturated heterocycles. The van der Waals surface area contributed by atoms with Gasteiger partial charge in [0.05, 0.1) is 11.2 Å². The van der Waals surface area contributed by atoms with Crippen LogP contribution in [0.5, 0.6) is 0 Å². The van der Waals surface area contributed by atoms with Gasteiger partial charge in [-0.05, 0) is 23.6 Å². The Morgan fingerprint density at radius 1 is 1.04 bits per heavy atom. The average Bonchev–Trinajstić information content (AvgIpc) is 3.06. The number of rotatable bonds is 4. The summed E-state index contributed by atoms with van der Waals surface area (Å²) in [6, 6.07) is 17.7. The van der Waals surface area contributed by atoms with Crippen LogP contribution in [0.2, 0.25) is 0 Å². The highest BCUT2D eigenvalue weighted by atomic mass is 32.1. The Kier molecular flexibility index (Phi) is 4.53. The van der Waals surface area contributed by atoms with Crippen LogP contribution >= 0.6 is 11.3 Å². The fraction of sp³-hybridized carbons (Fsp3) is 0.158. The van der Waals surface area contributed by atoms with Crippen molar-refractivity contribution in [2.75, 3.05) is 5.32 Å². The molecule has 0 saturated carbocycles. The minimum Gasteiger partial charge on any atom is -0.321 e. The van der Waals surface area contributed by atoms with Gasteiger partial charge in [0.15, 0.2) is 0 Å². The zero-order valence-corrected chi connectivity index (χ0v) is 13.9. The Balaban J connectivity index is 1.81. The number of nitrogens with one attached hydrogen (secondary N) is 1. The zero-order chi connectivity index (χ0) is 16.2. The van der Waals surface area contributed by atoms with Gasteiger partial charge in [0, 0.05) is 11.3 Å². The molecule has 1 heterocycles. The highest BCUT2D eigenvalue weighted by Gasteiger charge is 2.16. The summed E-state index contributed by atoms with van der Waals surface area (Å²) >= 11 is 1.36. The Morgan fingerprint density at radius 3 is 2.39 bits per heavy atom. The van der Waals surface area contributed by atoms with Crippen molar-refractivity contribution >= 4 is 22.9 Å². The lowest BCUT2D eigenvalue weighted by atomic mass is 10.0. The molecule has 0 bridgehead atoms. The fourth-order valence-electron chi connectivity index (χ4n) is 2.35. The third kappa shape index (κ3) is 3.48. The molecule has 0 atom stereocenters. The molecular weight excluding hydrogens is 304 g/mol. The van der Waals surface area contributed by atoms with Gasteiger partial charge in [-0.3, -0.25) is 4.79 Å². The molecule has 0 fully saturated rings. The standard InChI is InChI=1S/C19H18N2OS/c1-13(2)14-8-10-16(11-9-14)21-19(22)18-17(20-12-23-18)15-6-4-3-5-7-15/h3-13H,1-2H3,(H,21,22). The lowest BCUT2D eigenvalue weighted by Crippen LogP contribution is -2.11. The van der Waals surface area contributed by atoms with Crippen LogP contribution in [0.3, 0.4) is 0 Å². The lowest BCUT2D eigenvalue weighted by molar-refractivity contribution is 0.103. The first-order chi connectivity index (χ1) is 11.1. The van der Waals surface area contributed by atoms with Crippen molar-refractivity contribution < 1.29 is 4.79 Å². The number of hydrogen-bond donors (Lipinski definition) is 1. The number of benzene rings is 2. The molecule has 3 rings (SSSR count).